The smallest absolute Gasteiger partial charge is 0.128 e. The number of nitrogen functional groups attached to an aromatic ring is 1. The molecule has 0 saturated heterocycles. The average molecular weight is 203 g/mol. The van der Waals surface area contributed by atoms with Crippen LogP contribution in [-0.2, 0) is 6.54 Å². The van der Waals surface area contributed by atoms with Crippen molar-refractivity contribution < 1.29 is 0 Å². The summed E-state index contributed by atoms with van der Waals surface area (Å²) < 4.78 is 2.00. The van der Waals surface area contributed by atoms with E-state index in [9.17, 15) is 0 Å². The van der Waals surface area contributed by atoms with Crippen molar-refractivity contribution in [1.29, 1.82) is 0 Å². The first-order chi connectivity index (χ1) is 7.34. The number of aromatic nitrogens is 3. The molecule has 5 nitrogen and oxygen atoms in total. The summed E-state index contributed by atoms with van der Waals surface area (Å²) in [5.41, 5.74) is 5.56. The predicted octanol–water partition coefficient (Wildman–Crippen LogP) is 0.972. The van der Waals surface area contributed by atoms with E-state index in [-0.39, 0.29) is 0 Å². The molecule has 0 bridgehead atoms. The number of anilines is 2. The zero-order valence-electron chi connectivity index (χ0n) is 8.30. The quantitative estimate of drug-likeness (QED) is 0.777. The van der Waals surface area contributed by atoms with Gasteiger partial charge in [0, 0.05) is 25.5 Å². The molecule has 0 aliphatic carbocycles. The van der Waals surface area contributed by atoms with Crippen LogP contribution in [0.25, 0.3) is 0 Å². The molecular formula is C10H13N5. The fourth-order valence-corrected chi connectivity index (χ4v) is 1.28. The standard InChI is InChI=1S/C10H13N5/c11-9-2-1-3-10(14-9)13-5-7-15-6-4-12-8-15/h1-4,6,8H,5,7H2,(H3,11,13,14). The summed E-state index contributed by atoms with van der Waals surface area (Å²) in [4.78, 5) is 8.10. The molecule has 0 fully saturated rings. The van der Waals surface area contributed by atoms with Gasteiger partial charge in [0.05, 0.1) is 6.33 Å². The van der Waals surface area contributed by atoms with Gasteiger partial charge in [-0.1, -0.05) is 6.07 Å². The topological polar surface area (TPSA) is 68.8 Å². The van der Waals surface area contributed by atoms with Crippen LogP contribution >= 0.6 is 0 Å². The largest absolute Gasteiger partial charge is 0.384 e. The highest BCUT2D eigenvalue weighted by Crippen LogP contribution is 2.04. The summed E-state index contributed by atoms with van der Waals surface area (Å²) in [5, 5.41) is 3.18. The highest BCUT2D eigenvalue weighted by Gasteiger charge is 1.94. The number of nitrogens with zero attached hydrogens (tertiary/aromatic N) is 3. The molecule has 0 amide bonds. The molecule has 2 rings (SSSR count). The van der Waals surface area contributed by atoms with E-state index in [2.05, 4.69) is 15.3 Å². The third-order valence-corrected chi connectivity index (χ3v) is 2.01. The van der Waals surface area contributed by atoms with Gasteiger partial charge in [-0.05, 0) is 12.1 Å². The SMILES string of the molecule is Nc1cccc(NCCn2ccnc2)n1. The fraction of sp³-hybridized carbons (Fsp3) is 0.200. The van der Waals surface area contributed by atoms with E-state index in [1.54, 1.807) is 18.6 Å². The van der Waals surface area contributed by atoms with Gasteiger partial charge in [0.25, 0.3) is 0 Å². The zero-order chi connectivity index (χ0) is 10.5. The van der Waals surface area contributed by atoms with Gasteiger partial charge in [-0.3, -0.25) is 0 Å². The van der Waals surface area contributed by atoms with Crippen molar-refractivity contribution in [1.82, 2.24) is 14.5 Å². The first-order valence-corrected chi connectivity index (χ1v) is 4.77. The highest BCUT2D eigenvalue weighted by atomic mass is 15.1. The van der Waals surface area contributed by atoms with Crippen molar-refractivity contribution in [2.45, 2.75) is 6.54 Å². The van der Waals surface area contributed by atoms with Gasteiger partial charge < -0.3 is 15.6 Å². The third-order valence-electron chi connectivity index (χ3n) is 2.01. The van der Waals surface area contributed by atoms with E-state index in [0.717, 1.165) is 18.9 Å². The van der Waals surface area contributed by atoms with Crippen molar-refractivity contribution >= 4 is 11.6 Å². The number of pyridine rings is 1. The van der Waals surface area contributed by atoms with Crippen LogP contribution in [0.1, 0.15) is 0 Å². The summed E-state index contributed by atoms with van der Waals surface area (Å²) in [6.07, 6.45) is 5.47. The second-order valence-electron chi connectivity index (χ2n) is 3.17. The van der Waals surface area contributed by atoms with Gasteiger partial charge in [0.1, 0.15) is 11.6 Å². The van der Waals surface area contributed by atoms with Gasteiger partial charge in [0.2, 0.25) is 0 Å². The summed E-state index contributed by atoms with van der Waals surface area (Å²) >= 11 is 0. The number of nitrogens with two attached hydrogens (primary N) is 1. The minimum Gasteiger partial charge on any atom is -0.384 e. The maximum absolute atomic E-state index is 5.56. The maximum atomic E-state index is 5.56. The Bertz CT molecular complexity index is 410. The molecule has 3 N–H and O–H groups in total. The monoisotopic (exact) mass is 203 g/mol. The first kappa shape index (κ1) is 9.51. The second-order valence-corrected chi connectivity index (χ2v) is 3.17. The van der Waals surface area contributed by atoms with E-state index in [4.69, 9.17) is 5.73 Å². The van der Waals surface area contributed by atoms with Crippen LogP contribution in [0.3, 0.4) is 0 Å². The molecule has 2 aromatic heterocycles. The van der Waals surface area contributed by atoms with E-state index >= 15 is 0 Å². The van der Waals surface area contributed by atoms with Crippen molar-refractivity contribution in [2.75, 3.05) is 17.6 Å². The minimum absolute atomic E-state index is 0.530. The van der Waals surface area contributed by atoms with Crippen LogP contribution in [0.5, 0.6) is 0 Å². The molecule has 0 aliphatic heterocycles. The Labute approximate surface area is 88.0 Å². The number of hydrogen-bond acceptors (Lipinski definition) is 4. The maximum Gasteiger partial charge on any atom is 0.128 e. The summed E-state index contributed by atoms with van der Waals surface area (Å²) in [7, 11) is 0. The molecule has 0 aliphatic rings. The van der Waals surface area contributed by atoms with Crippen LogP contribution in [0.4, 0.5) is 11.6 Å². The Morgan fingerprint density at radius 3 is 3.07 bits per heavy atom. The fourth-order valence-electron chi connectivity index (χ4n) is 1.28. The Morgan fingerprint density at radius 2 is 2.33 bits per heavy atom. The van der Waals surface area contributed by atoms with E-state index < -0.39 is 0 Å². The number of rotatable bonds is 4. The van der Waals surface area contributed by atoms with Crippen LogP contribution in [0.2, 0.25) is 0 Å². The molecule has 0 aromatic carbocycles. The Balaban J connectivity index is 1.83. The molecule has 0 atom stereocenters. The lowest BCUT2D eigenvalue weighted by molar-refractivity contribution is 0.725. The molecule has 0 spiro atoms. The van der Waals surface area contributed by atoms with Gasteiger partial charge in [0.15, 0.2) is 0 Å². The molecule has 0 radical (unpaired) electrons. The number of nitrogens with one attached hydrogen (secondary N) is 1. The van der Waals surface area contributed by atoms with E-state index in [1.807, 2.05) is 22.9 Å². The number of imidazole rings is 1. The molecule has 5 heteroatoms. The highest BCUT2D eigenvalue weighted by molar-refractivity contribution is 5.41. The van der Waals surface area contributed by atoms with Crippen LogP contribution in [-0.4, -0.2) is 21.1 Å². The van der Waals surface area contributed by atoms with Crippen molar-refractivity contribution in [3.8, 4) is 0 Å². The van der Waals surface area contributed by atoms with E-state index in [1.165, 1.54) is 0 Å². The molecule has 2 aromatic rings. The molecule has 0 unspecified atom stereocenters. The Hall–Kier alpha value is -2.04. The molecule has 78 valence electrons. The summed E-state index contributed by atoms with van der Waals surface area (Å²) in [5.74, 6) is 1.33. The van der Waals surface area contributed by atoms with E-state index in [0.29, 0.717) is 5.82 Å². The van der Waals surface area contributed by atoms with Gasteiger partial charge in [-0.2, -0.15) is 0 Å². The first-order valence-electron chi connectivity index (χ1n) is 4.77. The predicted molar refractivity (Wildman–Crippen MR) is 59.4 cm³/mol. The van der Waals surface area contributed by atoms with Crippen molar-refractivity contribution in [3.05, 3.63) is 36.9 Å². The van der Waals surface area contributed by atoms with Crippen molar-refractivity contribution in [2.24, 2.45) is 0 Å². The van der Waals surface area contributed by atoms with Crippen molar-refractivity contribution in [3.63, 3.8) is 0 Å². The molecule has 15 heavy (non-hydrogen) atoms. The zero-order valence-corrected chi connectivity index (χ0v) is 8.30. The van der Waals surface area contributed by atoms with Gasteiger partial charge >= 0.3 is 0 Å². The molecular weight excluding hydrogens is 190 g/mol. The van der Waals surface area contributed by atoms with Gasteiger partial charge in [-0.15, -0.1) is 0 Å². The van der Waals surface area contributed by atoms with Crippen LogP contribution < -0.4 is 11.1 Å². The third kappa shape index (κ3) is 2.70. The normalized spacial score (nSPS) is 10.1. The number of hydrogen-bond donors (Lipinski definition) is 2. The second kappa shape index (κ2) is 4.45. The summed E-state index contributed by atoms with van der Waals surface area (Å²) in [6, 6.07) is 5.53. The van der Waals surface area contributed by atoms with Gasteiger partial charge in [-0.25, -0.2) is 9.97 Å². The molecule has 0 saturated carbocycles. The Kier molecular flexibility index (Phi) is 2.82. The lowest BCUT2D eigenvalue weighted by Gasteiger charge is -2.06. The Morgan fingerprint density at radius 1 is 1.40 bits per heavy atom. The minimum atomic E-state index is 0.530. The van der Waals surface area contributed by atoms with Crippen LogP contribution in [0, 0.1) is 0 Å². The average Bonchev–Trinajstić information content (AvgIpc) is 2.71. The van der Waals surface area contributed by atoms with Crippen LogP contribution in [0.15, 0.2) is 36.9 Å². The summed E-state index contributed by atoms with van der Waals surface area (Å²) in [6.45, 7) is 1.66. The molecule has 2 heterocycles. The lowest BCUT2D eigenvalue weighted by Crippen LogP contribution is -2.10. The lowest BCUT2D eigenvalue weighted by atomic mass is 10.4.